The van der Waals surface area contributed by atoms with Crippen molar-refractivity contribution in [2.24, 2.45) is 5.92 Å². The van der Waals surface area contributed by atoms with Gasteiger partial charge in [0.05, 0.1) is 0 Å². The molecule has 0 unspecified atom stereocenters. The monoisotopic (exact) mass is 258 g/mol. The van der Waals surface area contributed by atoms with Gasteiger partial charge in [-0.2, -0.15) is 0 Å². The average molecular weight is 258 g/mol. The molecule has 2 rings (SSSR count). The zero-order valence-electron chi connectivity index (χ0n) is 11.8. The van der Waals surface area contributed by atoms with E-state index < -0.39 is 0 Å². The highest BCUT2D eigenvalue weighted by Gasteiger charge is 1.97. The van der Waals surface area contributed by atoms with Gasteiger partial charge in [0.1, 0.15) is 11.5 Å². The molecule has 19 heavy (non-hydrogen) atoms. The van der Waals surface area contributed by atoms with E-state index in [0.717, 1.165) is 17.0 Å². The molecule has 0 bridgehead atoms. The van der Waals surface area contributed by atoms with Crippen molar-refractivity contribution in [2.75, 3.05) is 0 Å². The molecule has 0 spiro atoms. The summed E-state index contributed by atoms with van der Waals surface area (Å²) in [6, 6.07) is 13.9. The topological polar surface area (TPSA) is 40.5 Å². The fourth-order valence-electron chi connectivity index (χ4n) is 1.34. The Balaban J connectivity index is 0.000000312. The summed E-state index contributed by atoms with van der Waals surface area (Å²) in [6.07, 6.45) is 1.31. The molecule has 0 atom stereocenters. The Morgan fingerprint density at radius 1 is 0.842 bits per heavy atom. The molecule has 0 aliphatic heterocycles. The molecule has 0 saturated carbocycles. The number of phenolic OH excluding ortho intramolecular Hbond substituents is 2. The summed E-state index contributed by atoms with van der Waals surface area (Å²) in [7, 11) is 0. The minimum Gasteiger partial charge on any atom is -0.508 e. The molecule has 0 heterocycles. The Morgan fingerprint density at radius 2 is 1.42 bits per heavy atom. The van der Waals surface area contributed by atoms with E-state index in [1.165, 1.54) is 6.42 Å². The van der Waals surface area contributed by atoms with E-state index in [2.05, 4.69) is 20.8 Å². The van der Waals surface area contributed by atoms with Gasteiger partial charge < -0.3 is 10.2 Å². The van der Waals surface area contributed by atoms with Crippen molar-refractivity contribution in [2.45, 2.75) is 27.2 Å². The second-order valence-electron chi connectivity index (χ2n) is 4.90. The lowest BCUT2D eigenvalue weighted by atomic mass is 10.1. The number of rotatable bonds is 2. The average Bonchev–Trinajstić information content (AvgIpc) is 2.40. The summed E-state index contributed by atoms with van der Waals surface area (Å²) in [5.74, 6) is 1.37. The molecule has 0 amide bonds. The molecule has 2 aromatic carbocycles. The largest absolute Gasteiger partial charge is 0.508 e. The molecule has 0 radical (unpaired) electrons. The van der Waals surface area contributed by atoms with E-state index >= 15 is 0 Å². The van der Waals surface area contributed by atoms with Crippen molar-refractivity contribution in [1.82, 2.24) is 0 Å². The number of phenols is 2. The Morgan fingerprint density at radius 3 is 1.89 bits per heavy atom. The SMILES string of the molecule is CCC(C)C.Oc1ccc(-c2cccc(O)c2)cc1. The Kier molecular flexibility index (Phi) is 5.94. The van der Waals surface area contributed by atoms with Crippen LogP contribution in [0.3, 0.4) is 0 Å². The van der Waals surface area contributed by atoms with Gasteiger partial charge in [-0.05, 0) is 41.3 Å². The Bertz CT molecular complexity index is 487. The third kappa shape index (κ3) is 5.47. The van der Waals surface area contributed by atoms with E-state index in [1.807, 2.05) is 18.2 Å². The van der Waals surface area contributed by atoms with E-state index in [4.69, 9.17) is 5.11 Å². The summed E-state index contributed by atoms with van der Waals surface area (Å²) in [6.45, 7) is 6.64. The highest BCUT2D eigenvalue weighted by Crippen LogP contribution is 2.24. The molecular formula is C17H22O2. The summed E-state index contributed by atoms with van der Waals surface area (Å²) in [5.41, 5.74) is 1.91. The van der Waals surface area contributed by atoms with Crippen LogP contribution in [-0.2, 0) is 0 Å². The first-order chi connectivity index (χ1) is 9.02. The predicted octanol–water partition coefficient (Wildman–Crippen LogP) is 4.82. The van der Waals surface area contributed by atoms with Gasteiger partial charge in [0, 0.05) is 0 Å². The molecule has 0 fully saturated rings. The van der Waals surface area contributed by atoms with E-state index in [-0.39, 0.29) is 11.5 Å². The van der Waals surface area contributed by atoms with Gasteiger partial charge in [0.2, 0.25) is 0 Å². The third-order valence-electron chi connectivity index (χ3n) is 2.86. The molecule has 0 saturated heterocycles. The summed E-state index contributed by atoms with van der Waals surface area (Å²) in [4.78, 5) is 0. The molecule has 2 aromatic rings. The van der Waals surface area contributed by atoms with Crippen LogP contribution < -0.4 is 0 Å². The van der Waals surface area contributed by atoms with Gasteiger partial charge in [0.15, 0.2) is 0 Å². The molecular weight excluding hydrogens is 236 g/mol. The normalized spacial score (nSPS) is 9.89. The zero-order chi connectivity index (χ0) is 14.3. The van der Waals surface area contributed by atoms with Crippen molar-refractivity contribution in [1.29, 1.82) is 0 Å². The van der Waals surface area contributed by atoms with Crippen LogP contribution in [0.5, 0.6) is 11.5 Å². The molecule has 102 valence electrons. The first kappa shape index (κ1) is 15.1. The molecule has 0 aliphatic carbocycles. The first-order valence-electron chi connectivity index (χ1n) is 6.61. The van der Waals surface area contributed by atoms with Gasteiger partial charge in [0.25, 0.3) is 0 Å². The lowest BCUT2D eigenvalue weighted by Gasteiger charge is -2.01. The zero-order valence-corrected chi connectivity index (χ0v) is 11.8. The third-order valence-corrected chi connectivity index (χ3v) is 2.86. The van der Waals surface area contributed by atoms with Crippen LogP contribution in [0.15, 0.2) is 48.5 Å². The molecule has 0 aromatic heterocycles. The van der Waals surface area contributed by atoms with Gasteiger partial charge in [-0.1, -0.05) is 51.5 Å². The standard InChI is InChI=1S/C12H10O2.C5H12/c13-11-6-4-9(5-7-11)10-2-1-3-12(14)8-10;1-4-5(2)3/h1-8,13-14H;5H,4H2,1-3H3. The highest BCUT2D eigenvalue weighted by molar-refractivity contribution is 5.65. The number of hydrogen-bond donors (Lipinski definition) is 2. The van der Waals surface area contributed by atoms with Crippen LogP contribution in [0.25, 0.3) is 11.1 Å². The van der Waals surface area contributed by atoms with Gasteiger partial charge in [-0.3, -0.25) is 0 Å². The quantitative estimate of drug-likeness (QED) is 0.811. The second-order valence-corrected chi connectivity index (χ2v) is 4.90. The fraction of sp³-hybridized carbons (Fsp3) is 0.294. The molecule has 2 heteroatoms. The lowest BCUT2D eigenvalue weighted by Crippen LogP contribution is -1.77. The van der Waals surface area contributed by atoms with Crippen molar-refractivity contribution in [3.8, 4) is 22.6 Å². The minimum atomic E-state index is 0.244. The Labute approximate surface area is 115 Å². The van der Waals surface area contributed by atoms with E-state index in [1.54, 1.807) is 30.3 Å². The van der Waals surface area contributed by atoms with Crippen LogP contribution in [0.4, 0.5) is 0 Å². The summed E-state index contributed by atoms with van der Waals surface area (Å²) in [5, 5.41) is 18.4. The first-order valence-corrected chi connectivity index (χ1v) is 6.61. The van der Waals surface area contributed by atoms with Crippen LogP contribution in [-0.4, -0.2) is 10.2 Å². The fourth-order valence-corrected chi connectivity index (χ4v) is 1.34. The van der Waals surface area contributed by atoms with Crippen LogP contribution >= 0.6 is 0 Å². The van der Waals surface area contributed by atoms with Gasteiger partial charge in [-0.15, -0.1) is 0 Å². The van der Waals surface area contributed by atoms with Crippen LogP contribution in [0.2, 0.25) is 0 Å². The highest BCUT2D eigenvalue weighted by atomic mass is 16.3. The predicted molar refractivity (Wildman–Crippen MR) is 80.3 cm³/mol. The lowest BCUT2D eigenvalue weighted by molar-refractivity contribution is 0.475. The summed E-state index contributed by atoms with van der Waals surface area (Å²) < 4.78 is 0. The molecule has 2 nitrogen and oxygen atoms in total. The smallest absolute Gasteiger partial charge is 0.116 e. The van der Waals surface area contributed by atoms with E-state index in [0.29, 0.717) is 0 Å². The van der Waals surface area contributed by atoms with Crippen molar-refractivity contribution >= 4 is 0 Å². The summed E-state index contributed by atoms with van der Waals surface area (Å²) >= 11 is 0. The van der Waals surface area contributed by atoms with Crippen molar-refractivity contribution < 1.29 is 10.2 Å². The Hall–Kier alpha value is -1.96. The molecule has 0 aliphatic rings. The second kappa shape index (κ2) is 7.47. The van der Waals surface area contributed by atoms with Crippen molar-refractivity contribution in [3.63, 3.8) is 0 Å². The minimum absolute atomic E-state index is 0.244. The number of aromatic hydroxyl groups is 2. The van der Waals surface area contributed by atoms with E-state index in [9.17, 15) is 5.11 Å². The van der Waals surface area contributed by atoms with Crippen LogP contribution in [0.1, 0.15) is 27.2 Å². The maximum Gasteiger partial charge on any atom is 0.116 e. The van der Waals surface area contributed by atoms with Gasteiger partial charge in [-0.25, -0.2) is 0 Å². The number of benzene rings is 2. The maximum absolute atomic E-state index is 9.28. The van der Waals surface area contributed by atoms with Gasteiger partial charge >= 0.3 is 0 Å². The van der Waals surface area contributed by atoms with Crippen LogP contribution in [0, 0.1) is 5.92 Å². The molecule has 2 N–H and O–H groups in total. The maximum atomic E-state index is 9.28. The van der Waals surface area contributed by atoms with Crippen molar-refractivity contribution in [3.05, 3.63) is 48.5 Å². The number of hydrogen-bond acceptors (Lipinski definition) is 2.